The van der Waals surface area contributed by atoms with Crippen molar-refractivity contribution < 1.29 is 9.32 Å². The van der Waals surface area contributed by atoms with E-state index in [1.54, 1.807) is 4.90 Å². The molecular formula is C21H19N5O2. The second-order valence-corrected chi connectivity index (χ2v) is 6.98. The van der Waals surface area contributed by atoms with Crippen LogP contribution >= 0.6 is 0 Å². The molecule has 0 saturated carbocycles. The summed E-state index contributed by atoms with van der Waals surface area (Å²) in [5, 5.41) is 4.97. The highest BCUT2D eigenvalue weighted by molar-refractivity contribution is 5.99. The fourth-order valence-electron chi connectivity index (χ4n) is 3.64. The maximum absolute atomic E-state index is 13.2. The van der Waals surface area contributed by atoms with Crippen LogP contribution in [0.5, 0.6) is 0 Å². The van der Waals surface area contributed by atoms with E-state index in [0.717, 1.165) is 35.2 Å². The van der Waals surface area contributed by atoms with Gasteiger partial charge in [0.05, 0.1) is 17.5 Å². The third-order valence-corrected chi connectivity index (χ3v) is 5.10. The Morgan fingerprint density at radius 2 is 1.71 bits per heavy atom. The number of hydrogen-bond donors (Lipinski definition) is 0. The fourth-order valence-corrected chi connectivity index (χ4v) is 3.64. The topological polar surface area (TPSA) is 75.4 Å². The van der Waals surface area contributed by atoms with Crippen LogP contribution in [0.1, 0.15) is 12.1 Å². The van der Waals surface area contributed by atoms with E-state index in [1.165, 1.54) is 0 Å². The summed E-state index contributed by atoms with van der Waals surface area (Å²) in [4.78, 5) is 26.6. The summed E-state index contributed by atoms with van der Waals surface area (Å²) in [6, 6.07) is 15.3. The molecule has 0 fully saturated rings. The van der Waals surface area contributed by atoms with Crippen LogP contribution in [-0.2, 0) is 11.2 Å². The van der Waals surface area contributed by atoms with E-state index in [-0.39, 0.29) is 12.3 Å². The molecule has 140 valence electrons. The molecule has 0 spiro atoms. The standard InChI is InChI=1S/C21H19N5O2/c1-25-11-6-12-26(21-20(25)22-15-8-3-4-9-16(15)23-21)19(27)13-17-14-7-2-5-10-18(14)28-24-17/h2-5,7-10H,6,11-13H2,1H3. The predicted octanol–water partition coefficient (Wildman–Crippen LogP) is 3.19. The van der Waals surface area contributed by atoms with Crippen LogP contribution in [0.25, 0.3) is 22.0 Å². The van der Waals surface area contributed by atoms with E-state index in [0.29, 0.717) is 23.6 Å². The number of hydrogen-bond acceptors (Lipinski definition) is 6. The van der Waals surface area contributed by atoms with Gasteiger partial charge < -0.3 is 9.42 Å². The summed E-state index contributed by atoms with van der Waals surface area (Å²) in [7, 11) is 1.99. The van der Waals surface area contributed by atoms with Gasteiger partial charge in [0.15, 0.2) is 17.2 Å². The number of fused-ring (bicyclic) bond motifs is 3. The highest BCUT2D eigenvalue weighted by Gasteiger charge is 2.27. The van der Waals surface area contributed by atoms with Gasteiger partial charge >= 0.3 is 0 Å². The molecule has 1 aliphatic rings. The number of carbonyl (C=O) groups excluding carboxylic acids is 1. The van der Waals surface area contributed by atoms with Crippen molar-refractivity contribution >= 4 is 39.5 Å². The van der Waals surface area contributed by atoms with Gasteiger partial charge in [-0.15, -0.1) is 0 Å². The minimum Gasteiger partial charge on any atom is -0.357 e. The highest BCUT2D eigenvalue weighted by Crippen LogP contribution is 2.31. The van der Waals surface area contributed by atoms with Gasteiger partial charge in [0.25, 0.3) is 0 Å². The number of nitrogens with zero attached hydrogens (tertiary/aromatic N) is 5. The molecule has 0 radical (unpaired) electrons. The van der Waals surface area contributed by atoms with Crippen molar-refractivity contribution in [1.29, 1.82) is 0 Å². The van der Waals surface area contributed by atoms with Gasteiger partial charge in [-0.3, -0.25) is 9.69 Å². The molecule has 7 nitrogen and oxygen atoms in total. The lowest BCUT2D eigenvalue weighted by molar-refractivity contribution is -0.118. The summed E-state index contributed by atoms with van der Waals surface area (Å²) in [6.45, 7) is 1.41. The number of para-hydroxylation sites is 3. The average molecular weight is 373 g/mol. The molecular weight excluding hydrogens is 354 g/mol. The van der Waals surface area contributed by atoms with Gasteiger partial charge in [-0.2, -0.15) is 0 Å². The summed E-state index contributed by atoms with van der Waals surface area (Å²) in [5.74, 6) is 1.28. The Labute approximate surface area is 161 Å². The summed E-state index contributed by atoms with van der Waals surface area (Å²) in [5.41, 5.74) is 2.94. The second kappa shape index (κ2) is 6.60. The molecule has 3 heterocycles. The third kappa shape index (κ3) is 2.76. The van der Waals surface area contributed by atoms with Gasteiger partial charge in [-0.25, -0.2) is 9.97 Å². The van der Waals surface area contributed by atoms with Crippen LogP contribution in [0.15, 0.2) is 53.1 Å². The Morgan fingerprint density at radius 1 is 1.00 bits per heavy atom. The molecule has 28 heavy (non-hydrogen) atoms. The second-order valence-electron chi connectivity index (χ2n) is 6.98. The molecule has 0 bridgehead atoms. The van der Waals surface area contributed by atoms with Crippen molar-refractivity contribution in [3.63, 3.8) is 0 Å². The zero-order valence-electron chi connectivity index (χ0n) is 15.5. The van der Waals surface area contributed by atoms with Gasteiger partial charge in [-0.1, -0.05) is 29.4 Å². The number of carbonyl (C=O) groups is 1. The largest absolute Gasteiger partial charge is 0.357 e. The van der Waals surface area contributed by atoms with Gasteiger partial charge in [-0.05, 0) is 30.7 Å². The maximum atomic E-state index is 13.2. The van der Waals surface area contributed by atoms with E-state index < -0.39 is 0 Å². The molecule has 0 saturated heterocycles. The Kier molecular flexibility index (Phi) is 3.93. The van der Waals surface area contributed by atoms with Crippen molar-refractivity contribution in [2.75, 3.05) is 29.9 Å². The average Bonchev–Trinajstić information content (AvgIpc) is 3.05. The Morgan fingerprint density at radius 3 is 2.54 bits per heavy atom. The summed E-state index contributed by atoms with van der Waals surface area (Å²) in [6.07, 6.45) is 1.00. The number of rotatable bonds is 2. The van der Waals surface area contributed by atoms with Crippen molar-refractivity contribution in [2.24, 2.45) is 0 Å². The monoisotopic (exact) mass is 373 g/mol. The van der Waals surface area contributed by atoms with Crippen LogP contribution in [-0.4, -0.2) is 41.2 Å². The molecule has 2 aromatic heterocycles. The number of aromatic nitrogens is 3. The van der Waals surface area contributed by atoms with Crippen molar-refractivity contribution in [1.82, 2.24) is 15.1 Å². The first-order valence-corrected chi connectivity index (χ1v) is 9.32. The molecule has 5 rings (SSSR count). The Hall–Kier alpha value is -3.48. The van der Waals surface area contributed by atoms with E-state index in [2.05, 4.69) is 10.1 Å². The first-order valence-electron chi connectivity index (χ1n) is 9.32. The fraction of sp³-hybridized carbons (Fsp3) is 0.238. The van der Waals surface area contributed by atoms with Crippen LogP contribution in [0.4, 0.5) is 11.6 Å². The Balaban J connectivity index is 1.55. The first kappa shape index (κ1) is 16.7. The van der Waals surface area contributed by atoms with Crippen LogP contribution < -0.4 is 9.80 Å². The summed E-state index contributed by atoms with van der Waals surface area (Å²) < 4.78 is 5.35. The highest BCUT2D eigenvalue weighted by atomic mass is 16.5. The lowest BCUT2D eigenvalue weighted by Crippen LogP contribution is -2.33. The Bertz CT molecular complexity index is 1190. The van der Waals surface area contributed by atoms with Gasteiger partial charge in [0.1, 0.15) is 5.69 Å². The van der Waals surface area contributed by atoms with Crippen molar-refractivity contribution in [3.05, 3.63) is 54.2 Å². The minimum atomic E-state index is -0.0554. The molecule has 1 aliphatic heterocycles. The SMILES string of the molecule is CN1CCCN(C(=O)Cc2noc3ccccc23)c2nc3ccccc3nc21. The molecule has 0 aliphatic carbocycles. The lowest BCUT2D eigenvalue weighted by atomic mass is 10.1. The molecule has 0 atom stereocenters. The van der Waals surface area contributed by atoms with Crippen molar-refractivity contribution in [2.45, 2.75) is 12.8 Å². The van der Waals surface area contributed by atoms with Crippen molar-refractivity contribution in [3.8, 4) is 0 Å². The van der Waals surface area contributed by atoms with Gasteiger partial charge in [0, 0.05) is 25.5 Å². The zero-order valence-corrected chi connectivity index (χ0v) is 15.5. The summed E-state index contributed by atoms with van der Waals surface area (Å²) >= 11 is 0. The van der Waals surface area contributed by atoms with Crippen LogP contribution in [0.2, 0.25) is 0 Å². The van der Waals surface area contributed by atoms with E-state index in [9.17, 15) is 4.79 Å². The molecule has 2 aromatic carbocycles. The zero-order chi connectivity index (χ0) is 19.1. The predicted molar refractivity (Wildman–Crippen MR) is 107 cm³/mol. The number of anilines is 2. The molecule has 1 amide bonds. The van der Waals surface area contributed by atoms with Crippen LogP contribution in [0.3, 0.4) is 0 Å². The molecule has 7 heteroatoms. The number of amides is 1. The van der Waals surface area contributed by atoms with E-state index >= 15 is 0 Å². The smallest absolute Gasteiger partial charge is 0.234 e. The number of benzene rings is 2. The first-order chi connectivity index (χ1) is 13.7. The quantitative estimate of drug-likeness (QED) is 0.537. The van der Waals surface area contributed by atoms with Crippen LogP contribution in [0, 0.1) is 0 Å². The van der Waals surface area contributed by atoms with Gasteiger partial charge in [0.2, 0.25) is 5.91 Å². The van der Waals surface area contributed by atoms with E-state index in [4.69, 9.17) is 14.5 Å². The third-order valence-electron chi connectivity index (χ3n) is 5.10. The lowest BCUT2D eigenvalue weighted by Gasteiger charge is -2.22. The molecule has 0 N–H and O–H groups in total. The molecule has 4 aromatic rings. The minimum absolute atomic E-state index is 0.0554. The molecule has 0 unspecified atom stereocenters. The van der Waals surface area contributed by atoms with E-state index in [1.807, 2.05) is 55.6 Å². The normalized spacial score (nSPS) is 14.3. The maximum Gasteiger partial charge on any atom is 0.234 e.